The molecule has 0 unspecified atom stereocenters. The van der Waals surface area contributed by atoms with Crippen LogP contribution in [0.4, 0.5) is 5.69 Å². The fraction of sp³-hybridized carbons (Fsp3) is 0.467. The summed E-state index contributed by atoms with van der Waals surface area (Å²) in [5.41, 5.74) is 8.83. The van der Waals surface area contributed by atoms with Gasteiger partial charge < -0.3 is 15.8 Å². The molecule has 0 spiro atoms. The first-order valence-electron chi connectivity index (χ1n) is 12.9. The zero-order valence-electron chi connectivity index (χ0n) is 21.6. The van der Waals surface area contributed by atoms with Crippen LogP contribution >= 0.6 is 0 Å². The molecule has 0 radical (unpaired) electrons. The first kappa shape index (κ1) is 25.2. The van der Waals surface area contributed by atoms with Crippen LogP contribution in [0.3, 0.4) is 0 Å². The first-order chi connectivity index (χ1) is 16.7. The number of aliphatic carboxylic acids is 1. The van der Waals surface area contributed by atoms with Crippen molar-refractivity contribution >= 4 is 23.4 Å². The van der Waals surface area contributed by atoms with E-state index in [1.54, 1.807) is 0 Å². The number of hydrogen-bond acceptors (Lipinski definition) is 4. The monoisotopic (exact) mass is 473 g/mol. The normalized spacial score (nSPS) is 16.9. The lowest BCUT2D eigenvalue weighted by molar-refractivity contribution is -0.160. The third-order valence-corrected chi connectivity index (χ3v) is 7.53. The second-order valence-corrected chi connectivity index (χ2v) is 10.7. The van der Waals surface area contributed by atoms with Gasteiger partial charge in [-0.05, 0) is 87.3 Å². The third kappa shape index (κ3) is 5.67. The molecule has 5 nitrogen and oxygen atoms in total. The summed E-state index contributed by atoms with van der Waals surface area (Å²) in [5.74, 6) is -0.654. The van der Waals surface area contributed by atoms with Crippen molar-refractivity contribution in [2.24, 2.45) is 5.41 Å². The molecular weight excluding hydrogens is 434 g/mol. The Hall–Kier alpha value is -2.92. The molecule has 2 aromatic carbocycles. The topological polar surface area (TPSA) is 76.4 Å². The fourth-order valence-electron chi connectivity index (χ4n) is 5.39. The lowest BCUT2D eigenvalue weighted by Crippen LogP contribution is -2.60. The Bertz CT molecular complexity index is 1140. The van der Waals surface area contributed by atoms with Crippen LogP contribution in [-0.2, 0) is 24.1 Å². The maximum atomic E-state index is 11.6. The van der Waals surface area contributed by atoms with Gasteiger partial charge in [-0.25, -0.2) is 0 Å². The molecule has 1 saturated heterocycles. The Morgan fingerprint density at radius 3 is 2.43 bits per heavy atom. The number of hydrogen-bond donors (Lipinski definition) is 3. The number of fused-ring (bicyclic) bond motifs is 1. The SMILES string of the molecule is CCC1(C(=O)O)CN(CC2=Cc3ccc(CCc4ccc(NC(C)C)c(C(C)=N)c4)cc3CC2)C1. The zero-order valence-corrected chi connectivity index (χ0v) is 21.6. The average Bonchev–Trinajstić information content (AvgIpc) is 2.79. The van der Waals surface area contributed by atoms with E-state index in [0.717, 1.165) is 43.5 Å². The van der Waals surface area contributed by atoms with Gasteiger partial charge in [0.1, 0.15) is 0 Å². The minimum atomic E-state index is -0.654. The molecule has 4 rings (SSSR count). The number of nitrogens with zero attached hydrogens (tertiary/aromatic N) is 1. The predicted molar refractivity (Wildman–Crippen MR) is 145 cm³/mol. The van der Waals surface area contributed by atoms with Crippen LogP contribution in [0.25, 0.3) is 6.08 Å². The van der Waals surface area contributed by atoms with E-state index in [1.165, 1.54) is 27.8 Å². The quantitative estimate of drug-likeness (QED) is 0.381. The Morgan fingerprint density at radius 1 is 1.11 bits per heavy atom. The molecule has 0 bridgehead atoms. The van der Waals surface area contributed by atoms with Crippen LogP contribution in [0.5, 0.6) is 0 Å². The highest BCUT2D eigenvalue weighted by Crippen LogP contribution is 2.36. The van der Waals surface area contributed by atoms with Crippen molar-refractivity contribution in [1.29, 1.82) is 5.41 Å². The largest absolute Gasteiger partial charge is 0.481 e. The summed E-state index contributed by atoms with van der Waals surface area (Å²) < 4.78 is 0. The molecule has 2 aliphatic rings. The second-order valence-electron chi connectivity index (χ2n) is 10.7. The number of likely N-dealkylation sites (tertiary alicyclic amines) is 1. The van der Waals surface area contributed by atoms with E-state index in [-0.39, 0.29) is 0 Å². The van der Waals surface area contributed by atoms with Crippen molar-refractivity contribution in [2.75, 3.05) is 25.0 Å². The van der Waals surface area contributed by atoms with Gasteiger partial charge in [0.05, 0.1) is 5.41 Å². The van der Waals surface area contributed by atoms with Crippen LogP contribution in [0, 0.1) is 10.8 Å². The lowest BCUT2D eigenvalue weighted by atomic mass is 9.77. The Morgan fingerprint density at radius 2 is 1.80 bits per heavy atom. The van der Waals surface area contributed by atoms with E-state index >= 15 is 0 Å². The number of aryl methyl sites for hydroxylation is 3. The van der Waals surface area contributed by atoms with Gasteiger partial charge in [0.15, 0.2) is 0 Å². The van der Waals surface area contributed by atoms with Crippen LogP contribution in [0.2, 0.25) is 0 Å². The molecular formula is C30H39N3O2. The molecule has 0 atom stereocenters. The second kappa shape index (κ2) is 10.4. The Kier molecular flexibility index (Phi) is 7.46. The highest BCUT2D eigenvalue weighted by atomic mass is 16.4. The standard InChI is InChI=1S/C30H39N3O2/c1-5-30(29(34)35)18-33(19-30)17-24-9-12-25-14-22(8-11-26(25)15-24)6-7-23-10-13-28(32-20(2)3)27(16-23)21(4)31/h8,10-11,13-16,20,31-32H,5-7,9,12,17-19H2,1-4H3,(H,34,35). The number of benzene rings is 2. The van der Waals surface area contributed by atoms with Gasteiger partial charge >= 0.3 is 5.97 Å². The van der Waals surface area contributed by atoms with E-state index in [0.29, 0.717) is 31.3 Å². The summed E-state index contributed by atoms with van der Waals surface area (Å²) in [6.07, 6.45) is 7.05. The first-order valence-corrected chi connectivity index (χ1v) is 12.9. The van der Waals surface area contributed by atoms with Crippen molar-refractivity contribution in [1.82, 2.24) is 4.90 Å². The minimum absolute atomic E-state index is 0.338. The molecule has 2 aromatic rings. The third-order valence-electron chi connectivity index (χ3n) is 7.53. The zero-order chi connectivity index (χ0) is 25.2. The van der Waals surface area contributed by atoms with Gasteiger partial charge in [-0.15, -0.1) is 0 Å². The average molecular weight is 474 g/mol. The molecule has 0 aromatic heterocycles. The number of nitrogens with one attached hydrogen (secondary N) is 2. The summed E-state index contributed by atoms with van der Waals surface area (Å²) in [5, 5.41) is 21.1. The summed E-state index contributed by atoms with van der Waals surface area (Å²) >= 11 is 0. The molecule has 35 heavy (non-hydrogen) atoms. The van der Waals surface area contributed by atoms with Gasteiger partial charge in [-0.3, -0.25) is 9.69 Å². The molecule has 3 N–H and O–H groups in total. The van der Waals surface area contributed by atoms with Gasteiger partial charge in [0.2, 0.25) is 0 Å². The van der Waals surface area contributed by atoms with Crippen molar-refractivity contribution in [2.45, 2.75) is 65.8 Å². The van der Waals surface area contributed by atoms with Gasteiger partial charge in [-0.1, -0.05) is 42.8 Å². The number of carboxylic acid groups (broad SMARTS) is 1. The van der Waals surface area contributed by atoms with E-state index in [1.807, 2.05) is 13.8 Å². The van der Waals surface area contributed by atoms with Crippen molar-refractivity contribution in [3.63, 3.8) is 0 Å². The Labute approximate surface area is 209 Å². The number of carboxylic acids is 1. The maximum Gasteiger partial charge on any atom is 0.312 e. The highest BCUT2D eigenvalue weighted by Gasteiger charge is 2.47. The van der Waals surface area contributed by atoms with Gasteiger partial charge in [-0.2, -0.15) is 0 Å². The number of carbonyl (C=O) groups is 1. The molecule has 1 aliphatic heterocycles. The van der Waals surface area contributed by atoms with Crippen molar-refractivity contribution in [3.8, 4) is 0 Å². The molecule has 0 saturated carbocycles. The van der Waals surface area contributed by atoms with Crippen molar-refractivity contribution < 1.29 is 9.90 Å². The van der Waals surface area contributed by atoms with E-state index in [4.69, 9.17) is 5.41 Å². The summed E-state index contributed by atoms with van der Waals surface area (Å²) in [6.45, 7) is 10.3. The fourth-order valence-corrected chi connectivity index (χ4v) is 5.39. The lowest BCUT2D eigenvalue weighted by Gasteiger charge is -2.47. The number of rotatable bonds is 10. The van der Waals surface area contributed by atoms with Crippen LogP contribution in [0.15, 0.2) is 42.0 Å². The summed E-state index contributed by atoms with van der Waals surface area (Å²) in [4.78, 5) is 13.8. The van der Waals surface area contributed by atoms with Crippen LogP contribution < -0.4 is 5.32 Å². The molecule has 5 heteroatoms. The molecule has 0 amide bonds. The molecule has 186 valence electrons. The summed E-state index contributed by atoms with van der Waals surface area (Å²) in [7, 11) is 0. The van der Waals surface area contributed by atoms with Crippen LogP contribution in [0.1, 0.15) is 68.4 Å². The maximum absolute atomic E-state index is 11.6. The smallest absolute Gasteiger partial charge is 0.312 e. The van der Waals surface area contributed by atoms with Crippen molar-refractivity contribution in [3.05, 3.63) is 69.8 Å². The Balaban J connectivity index is 1.37. The number of anilines is 1. The van der Waals surface area contributed by atoms with Crippen LogP contribution in [-0.4, -0.2) is 47.4 Å². The van der Waals surface area contributed by atoms with Gasteiger partial charge in [0, 0.05) is 42.6 Å². The predicted octanol–water partition coefficient (Wildman–Crippen LogP) is 5.81. The van der Waals surface area contributed by atoms with E-state index in [9.17, 15) is 9.90 Å². The highest BCUT2D eigenvalue weighted by molar-refractivity contribution is 6.01. The molecule has 1 fully saturated rings. The molecule has 1 aliphatic carbocycles. The van der Waals surface area contributed by atoms with E-state index in [2.05, 4.69) is 66.5 Å². The van der Waals surface area contributed by atoms with E-state index < -0.39 is 11.4 Å². The molecule has 1 heterocycles. The minimum Gasteiger partial charge on any atom is -0.481 e. The summed E-state index contributed by atoms with van der Waals surface area (Å²) in [6, 6.07) is 13.6. The van der Waals surface area contributed by atoms with Gasteiger partial charge in [0.25, 0.3) is 0 Å².